The molecule has 1 aliphatic rings. The Morgan fingerprint density at radius 1 is 1.13 bits per heavy atom. The Kier molecular flexibility index (Phi) is 5.03. The molecule has 0 saturated heterocycles. The average Bonchev–Trinajstić information content (AvgIpc) is 2.75. The largest absolute Gasteiger partial charge is 0.489 e. The van der Waals surface area contributed by atoms with Gasteiger partial charge in [-0.05, 0) is 30.8 Å². The number of rotatable bonds is 4. The second kappa shape index (κ2) is 7.20. The summed E-state index contributed by atoms with van der Waals surface area (Å²) >= 11 is 6.31. The molecular formula is C18H19ClFNO2. The van der Waals surface area contributed by atoms with Crippen molar-refractivity contribution in [2.45, 2.75) is 19.5 Å². The summed E-state index contributed by atoms with van der Waals surface area (Å²) in [4.78, 5) is 2.04. The number of halogens is 2. The molecule has 0 bridgehead atoms. The highest BCUT2D eigenvalue weighted by atomic mass is 35.5. The van der Waals surface area contributed by atoms with Gasteiger partial charge in [-0.1, -0.05) is 29.8 Å². The monoisotopic (exact) mass is 335 g/mol. The predicted octanol–water partition coefficient (Wildman–Crippen LogP) is 4.27. The van der Waals surface area contributed by atoms with Crippen LogP contribution in [0.2, 0.25) is 5.02 Å². The van der Waals surface area contributed by atoms with Gasteiger partial charge in [0.15, 0.2) is 11.5 Å². The third-order valence-corrected chi connectivity index (χ3v) is 3.99. The number of nitrogens with zero attached hydrogens (tertiary/aromatic N) is 1. The zero-order valence-corrected chi connectivity index (χ0v) is 13.8. The molecule has 0 N–H and O–H groups in total. The Balaban J connectivity index is 1.74. The van der Waals surface area contributed by atoms with Crippen LogP contribution in [0.1, 0.15) is 17.5 Å². The van der Waals surface area contributed by atoms with Crippen molar-refractivity contribution in [2.24, 2.45) is 0 Å². The molecule has 1 aliphatic heterocycles. The first-order valence-corrected chi connectivity index (χ1v) is 8.01. The molecule has 0 saturated carbocycles. The molecule has 5 heteroatoms. The molecule has 0 aromatic heterocycles. The van der Waals surface area contributed by atoms with E-state index in [1.807, 2.05) is 30.1 Å². The highest BCUT2D eigenvalue weighted by molar-refractivity contribution is 6.32. The van der Waals surface area contributed by atoms with E-state index < -0.39 is 0 Å². The van der Waals surface area contributed by atoms with Crippen molar-refractivity contribution in [2.75, 3.05) is 20.3 Å². The summed E-state index contributed by atoms with van der Waals surface area (Å²) in [6.45, 7) is 2.40. The molecule has 3 rings (SSSR count). The van der Waals surface area contributed by atoms with Gasteiger partial charge in [-0.3, -0.25) is 4.90 Å². The topological polar surface area (TPSA) is 21.7 Å². The lowest BCUT2D eigenvalue weighted by Gasteiger charge is -2.19. The van der Waals surface area contributed by atoms with Crippen LogP contribution < -0.4 is 9.47 Å². The molecule has 0 spiro atoms. The van der Waals surface area contributed by atoms with E-state index in [-0.39, 0.29) is 5.82 Å². The Hall–Kier alpha value is -1.78. The average molecular weight is 336 g/mol. The molecule has 2 aromatic carbocycles. The zero-order valence-electron chi connectivity index (χ0n) is 13.0. The number of ether oxygens (including phenoxy) is 2. The van der Waals surface area contributed by atoms with Crippen molar-refractivity contribution >= 4 is 11.6 Å². The van der Waals surface area contributed by atoms with Gasteiger partial charge in [-0.25, -0.2) is 4.39 Å². The van der Waals surface area contributed by atoms with Crippen LogP contribution in [0.15, 0.2) is 36.4 Å². The molecule has 0 atom stereocenters. The van der Waals surface area contributed by atoms with Gasteiger partial charge in [-0.15, -0.1) is 0 Å². The van der Waals surface area contributed by atoms with Gasteiger partial charge >= 0.3 is 0 Å². The van der Waals surface area contributed by atoms with Gasteiger partial charge in [0.2, 0.25) is 0 Å². The first-order chi connectivity index (χ1) is 11.1. The van der Waals surface area contributed by atoms with E-state index >= 15 is 0 Å². The maximum Gasteiger partial charge on any atom is 0.179 e. The van der Waals surface area contributed by atoms with E-state index in [4.69, 9.17) is 21.1 Å². The van der Waals surface area contributed by atoms with Gasteiger partial charge in [-0.2, -0.15) is 0 Å². The maximum atomic E-state index is 13.7. The normalized spacial score (nSPS) is 13.9. The number of fused-ring (bicyclic) bond motifs is 1. The molecule has 0 radical (unpaired) electrons. The van der Waals surface area contributed by atoms with Crippen molar-refractivity contribution < 1.29 is 13.9 Å². The highest BCUT2D eigenvalue weighted by Crippen LogP contribution is 2.38. The first-order valence-electron chi connectivity index (χ1n) is 7.63. The molecule has 0 aliphatic carbocycles. The van der Waals surface area contributed by atoms with Gasteiger partial charge in [0.1, 0.15) is 5.82 Å². The maximum absolute atomic E-state index is 13.7. The third kappa shape index (κ3) is 3.95. The minimum atomic E-state index is -0.184. The summed E-state index contributed by atoms with van der Waals surface area (Å²) in [6.07, 6.45) is 0.841. The van der Waals surface area contributed by atoms with Gasteiger partial charge < -0.3 is 9.47 Å². The summed E-state index contributed by atoms with van der Waals surface area (Å²) in [6, 6.07) is 10.6. The fraction of sp³-hybridized carbons (Fsp3) is 0.333. The number of hydrogen-bond donors (Lipinski definition) is 0. The van der Waals surface area contributed by atoms with Gasteiger partial charge in [0.25, 0.3) is 0 Å². The molecule has 1 heterocycles. The second-order valence-corrected chi connectivity index (χ2v) is 6.13. The number of benzene rings is 2. The lowest BCUT2D eigenvalue weighted by atomic mass is 10.1. The summed E-state index contributed by atoms with van der Waals surface area (Å²) in [5.41, 5.74) is 1.69. The van der Waals surface area contributed by atoms with E-state index in [9.17, 15) is 4.39 Å². The fourth-order valence-electron chi connectivity index (χ4n) is 2.66. The van der Waals surface area contributed by atoms with E-state index in [2.05, 4.69) is 0 Å². The van der Waals surface area contributed by atoms with E-state index in [0.29, 0.717) is 48.4 Å². The number of hydrogen-bond acceptors (Lipinski definition) is 3. The summed E-state index contributed by atoms with van der Waals surface area (Å²) in [5, 5.41) is 0.554. The van der Waals surface area contributed by atoms with Crippen molar-refractivity contribution in [3.05, 3.63) is 58.4 Å². The molecule has 3 nitrogen and oxygen atoms in total. The molecule has 0 fully saturated rings. The van der Waals surface area contributed by atoms with Crippen molar-refractivity contribution in [1.29, 1.82) is 0 Å². The van der Waals surface area contributed by atoms with E-state index in [1.54, 1.807) is 12.1 Å². The smallest absolute Gasteiger partial charge is 0.179 e. The Morgan fingerprint density at radius 2 is 1.91 bits per heavy atom. The first kappa shape index (κ1) is 16.1. The van der Waals surface area contributed by atoms with Gasteiger partial charge in [0.05, 0.1) is 18.2 Å². The molecule has 23 heavy (non-hydrogen) atoms. The van der Waals surface area contributed by atoms with Crippen LogP contribution in [0, 0.1) is 5.82 Å². The molecule has 0 amide bonds. The molecule has 122 valence electrons. The standard InChI is InChI=1S/C18H19ClFNO2/c1-21(12-14-5-2-3-6-16(14)20)11-13-9-15(19)18-17(10-13)22-7-4-8-23-18/h2-3,5-6,9-10H,4,7-8,11-12H2,1H3. The summed E-state index contributed by atoms with van der Waals surface area (Å²) in [5.74, 6) is 1.12. The van der Waals surface area contributed by atoms with Crippen LogP contribution in [0.3, 0.4) is 0 Å². The lowest BCUT2D eigenvalue weighted by molar-refractivity contribution is 0.296. The van der Waals surface area contributed by atoms with Crippen LogP contribution in [0.25, 0.3) is 0 Å². The van der Waals surface area contributed by atoms with E-state index in [1.165, 1.54) is 6.07 Å². The Morgan fingerprint density at radius 3 is 2.74 bits per heavy atom. The van der Waals surface area contributed by atoms with Crippen LogP contribution in [-0.4, -0.2) is 25.2 Å². The van der Waals surface area contributed by atoms with Crippen LogP contribution in [-0.2, 0) is 13.1 Å². The zero-order chi connectivity index (χ0) is 16.2. The Bertz CT molecular complexity index is 693. The predicted molar refractivity (Wildman–Crippen MR) is 88.6 cm³/mol. The minimum absolute atomic E-state index is 0.184. The van der Waals surface area contributed by atoms with Crippen molar-refractivity contribution in [3.63, 3.8) is 0 Å². The highest BCUT2D eigenvalue weighted by Gasteiger charge is 2.16. The van der Waals surface area contributed by atoms with Crippen LogP contribution in [0.4, 0.5) is 4.39 Å². The lowest BCUT2D eigenvalue weighted by Crippen LogP contribution is -2.18. The quantitative estimate of drug-likeness (QED) is 0.832. The Labute approximate surface area is 140 Å². The molecule has 2 aromatic rings. The SMILES string of the molecule is CN(Cc1cc(Cl)c2c(c1)OCCCO2)Cc1ccccc1F. The van der Waals surface area contributed by atoms with Crippen molar-refractivity contribution in [3.8, 4) is 11.5 Å². The third-order valence-electron chi connectivity index (χ3n) is 3.71. The van der Waals surface area contributed by atoms with Crippen molar-refractivity contribution in [1.82, 2.24) is 4.90 Å². The molecule has 0 unspecified atom stereocenters. The summed E-state index contributed by atoms with van der Waals surface area (Å²) in [7, 11) is 1.95. The van der Waals surface area contributed by atoms with Gasteiger partial charge in [0, 0.05) is 25.1 Å². The summed E-state index contributed by atoms with van der Waals surface area (Å²) < 4.78 is 25.1. The van der Waals surface area contributed by atoms with Crippen LogP contribution in [0.5, 0.6) is 11.5 Å². The second-order valence-electron chi connectivity index (χ2n) is 5.72. The van der Waals surface area contributed by atoms with Crippen LogP contribution >= 0.6 is 11.6 Å². The minimum Gasteiger partial charge on any atom is -0.489 e. The fourth-order valence-corrected chi connectivity index (χ4v) is 2.95. The van der Waals surface area contributed by atoms with E-state index in [0.717, 1.165) is 12.0 Å². The molecular weight excluding hydrogens is 317 g/mol.